The van der Waals surface area contributed by atoms with E-state index in [4.69, 9.17) is 23.2 Å². The number of halogens is 2. The molecule has 4 atom stereocenters. The van der Waals surface area contributed by atoms with Crippen LogP contribution in [0.2, 0.25) is 10.0 Å². The van der Waals surface area contributed by atoms with E-state index in [0.29, 0.717) is 45.8 Å². The highest BCUT2D eigenvalue weighted by atomic mass is 35.5. The minimum absolute atomic E-state index is 0.477. The zero-order chi connectivity index (χ0) is 33.1. The number of hydrogen-bond donors (Lipinski definition) is 0. The van der Waals surface area contributed by atoms with E-state index >= 15 is 0 Å². The zero-order valence-corrected chi connectivity index (χ0v) is 32.6. The summed E-state index contributed by atoms with van der Waals surface area (Å²) in [6, 6.07) is 16.7. The molecule has 2 aromatic rings. The van der Waals surface area contributed by atoms with Crippen LogP contribution in [0.4, 0.5) is 0 Å². The van der Waals surface area contributed by atoms with Crippen molar-refractivity contribution in [2.75, 3.05) is 0 Å². The second kappa shape index (κ2) is 16.0. The van der Waals surface area contributed by atoms with Crippen LogP contribution >= 0.6 is 37.5 Å². The average molecular weight is 730 g/mol. The van der Waals surface area contributed by atoms with Gasteiger partial charge in [-0.3, -0.25) is 0 Å². The van der Waals surface area contributed by atoms with Gasteiger partial charge in [0.25, 0.3) is 0 Å². The molecule has 6 aliphatic rings. The Bertz CT molecular complexity index is 1260. The molecule has 2 nitrogen and oxygen atoms in total. The molecule has 6 fully saturated rings. The van der Waals surface area contributed by atoms with Gasteiger partial charge in [0.1, 0.15) is 0 Å². The first-order valence-electron chi connectivity index (χ1n) is 20.1. The second-order valence-electron chi connectivity index (χ2n) is 16.6. The van der Waals surface area contributed by atoms with Crippen LogP contribution in [0.5, 0.6) is 0 Å². The first-order chi connectivity index (χ1) is 23.4. The Morgan fingerprint density at radius 3 is 0.896 bits per heavy atom. The van der Waals surface area contributed by atoms with Gasteiger partial charge in [-0.2, -0.15) is 0 Å². The summed E-state index contributed by atoms with van der Waals surface area (Å²) in [6.45, 7) is 0. The van der Waals surface area contributed by atoms with Crippen molar-refractivity contribution in [1.82, 2.24) is 0 Å². The topological polar surface area (TPSA) is 34.1 Å². The molecule has 0 unspecified atom stereocenters. The first-order valence-corrected chi connectivity index (χ1v) is 24.7. The fraction of sp³-hybridized carbons (Fsp3) is 0.714. The van der Waals surface area contributed by atoms with Crippen LogP contribution in [-0.4, -0.2) is 34.0 Å². The lowest BCUT2D eigenvalue weighted by Gasteiger charge is -2.39. The fourth-order valence-corrected chi connectivity index (χ4v) is 21.9. The summed E-state index contributed by atoms with van der Waals surface area (Å²) in [5.74, 6) is 1.08. The maximum atomic E-state index is 14.5. The fourth-order valence-electron chi connectivity index (χ4n) is 11.0. The van der Waals surface area contributed by atoms with Gasteiger partial charge in [-0.1, -0.05) is 125 Å². The van der Waals surface area contributed by atoms with Gasteiger partial charge in [0.2, 0.25) is 0 Å². The highest BCUT2D eigenvalue weighted by Gasteiger charge is 2.58. The summed E-state index contributed by atoms with van der Waals surface area (Å²) in [4.78, 5) is 0. The van der Waals surface area contributed by atoms with Crippen LogP contribution in [0.1, 0.15) is 164 Å². The highest BCUT2D eigenvalue weighted by Crippen LogP contribution is 2.76. The Labute approximate surface area is 302 Å². The summed E-state index contributed by atoms with van der Waals surface area (Å²) >= 11 is 12.1. The van der Waals surface area contributed by atoms with Crippen molar-refractivity contribution in [3.63, 3.8) is 0 Å². The van der Waals surface area contributed by atoms with Gasteiger partial charge in [-0.25, -0.2) is 0 Å². The van der Waals surface area contributed by atoms with Crippen molar-refractivity contribution in [3.05, 3.63) is 69.7 Å². The van der Waals surface area contributed by atoms with Gasteiger partial charge in [0, 0.05) is 44.0 Å². The van der Waals surface area contributed by atoms with Crippen molar-refractivity contribution in [2.45, 2.75) is 187 Å². The van der Waals surface area contributed by atoms with E-state index in [1.165, 1.54) is 140 Å². The molecular weight excluding hydrogens is 669 g/mol. The van der Waals surface area contributed by atoms with E-state index in [1.54, 1.807) is 0 Å². The van der Waals surface area contributed by atoms with E-state index in [0.717, 1.165) is 22.9 Å². The molecule has 0 aromatic heterocycles. The number of rotatable bonds is 8. The minimum Gasteiger partial charge on any atom is -0.323 e. The number of benzene rings is 2. The normalized spacial score (nSPS) is 29.5. The third-order valence-corrected chi connectivity index (χ3v) is 24.1. The van der Waals surface area contributed by atoms with Gasteiger partial charge < -0.3 is 9.13 Å². The average Bonchev–Trinajstić information content (AvgIpc) is 4.09. The van der Waals surface area contributed by atoms with E-state index in [9.17, 15) is 9.13 Å². The van der Waals surface area contributed by atoms with Crippen molar-refractivity contribution in [1.29, 1.82) is 0 Å². The lowest BCUT2D eigenvalue weighted by Crippen LogP contribution is -2.26. The lowest BCUT2D eigenvalue weighted by molar-refractivity contribution is 0.446. The third kappa shape index (κ3) is 7.79. The van der Waals surface area contributed by atoms with E-state index in [1.807, 2.05) is 24.3 Å². The summed E-state index contributed by atoms with van der Waals surface area (Å²) in [5, 5.41) is 1.61. The SMILES string of the molecule is O=P(C1CCCCC1)(C1CCCCC1)[C@H]1C[C@@H]1c1ccc(Cl)cc1.O=P(C1CCCCC1)(C1CCCCC1)[C@H]1C[C@@H]1c1ccc(Cl)cc1. The van der Waals surface area contributed by atoms with Gasteiger partial charge in [0.15, 0.2) is 0 Å². The molecule has 6 heteroatoms. The zero-order valence-electron chi connectivity index (χ0n) is 29.3. The summed E-state index contributed by atoms with van der Waals surface area (Å²) in [7, 11) is -4.19. The third-order valence-electron chi connectivity index (χ3n) is 13.7. The molecule has 0 saturated heterocycles. The molecule has 8 rings (SSSR count). The van der Waals surface area contributed by atoms with Crippen molar-refractivity contribution in [3.8, 4) is 0 Å². The molecule has 0 aliphatic heterocycles. The Balaban J connectivity index is 0.000000152. The van der Waals surface area contributed by atoms with E-state index in [-0.39, 0.29) is 0 Å². The van der Waals surface area contributed by atoms with Gasteiger partial charge in [-0.15, -0.1) is 0 Å². The monoisotopic (exact) mass is 728 g/mol. The predicted molar refractivity (Wildman–Crippen MR) is 208 cm³/mol. The Morgan fingerprint density at radius 1 is 0.396 bits per heavy atom. The largest absolute Gasteiger partial charge is 0.323 e. The molecule has 6 aliphatic carbocycles. The van der Waals surface area contributed by atoms with E-state index < -0.39 is 14.3 Å². The molecule has 0 radical (unpaired) electrons. The second-order valence-corrected chi connectivity index (χ2v) is 24.8. The molecule has 48 heavy (non-hydrogen) atoms. The maximum absolute atomic E-state index is 14.5. The van der Waals surface area contributed by atoms with Crippen LogP contribution < -0.4 is 0 Å². The minimum atomic E-state index is -2.10. The van der Waals surface area contributed by atoms with Crippen LogP contribution in [0.15, 0.2) is 48.5 Å². The number of hydrogen-bond acceptors (Lipinski definition) is 2. The Morgan fingerprint density at radius 2 is 0.646 bits per heavy atom. The Hall–Kier alpha value is -0.520. The van der Waals surface area contributed by atoms with Gasteiger partial charge in [0.05, 0.1) is 14.3 Å². The van der Waals surface area contributed by atoms with Crippen molar-refractivity contribution in [2.24, 2.45) is 0 Å². The molecule has 0 spiro atoms. The van der Waals surface area contributed by atoms with Gasteiger partial charge in [-0.05, 0) is 111 Å². The molecule has 0 amide bonds. The smallest absolute Gasteiger partial charge is 0.0971 e. The van der Waals surface area contributed by atoms with Crippen molar-refractivity contribution < 1.29 is 9.13 Å². The van der Waals surface area contributed by atoms with Crippen molar-refractivity contribution >= 4 is 37.5 Å². The van der Waals surface area contributed by atoms with Crippen LogP contribution in [0.3, 0.4) is 0 Å². The van der Waals surface area contributed by atoms with Crippen LogP contribution in [-0.2, 0) is 9.13 Å². The molecule has 0 bridgehead atoms. The Kier molecular flexibility index (Phi) is 12.0. The van der Waals surface area contributed by atoms with Crippen LogP contribution in [0, 0.1) is 0 Å². The first kappa shape index (κ1) is 35.9. The molecule has 6 saturated carbocycles. The predicted octanol–water partition coefficient (Wildman–Crippen LogP) is 14.4. The molecule has 0 heterocycles. The summed E-state index contributed by atoms with van der Waals surface area (Å²) in [5.41, 5.74) is 5.85. The van der Waals surface area contributed by atoms with Crippen LogP contribution in [0.25, 0.3) is 0 Å². The molecule has 264 valence electrons. The maximum Gasteiger partial charge on any atom is 0.0971 e. The summed E-state index contributed by atoms with van der Waals surface area (Å²) < 4.78 is 29.0. The standard InChI is InChI=1S/2C21H30ClOP/c2*22-17-13-11-16(12-14-17)20-15-21(20)24(23,18-7-3-1-4-8-18)19-9-5-2-6-10-19/h2*11-14,18-21H,1-10,15H2/t2*20-,21+/m11/s1. The van der Waals surface area contributed by atoms with Gasteiger partial charge >= 0.3 is 0 Å². The molecule has 2 aromatic carbocycles. The molecular formula is C42H60Cl2O2P2. The lowest BCUT2D eigenvalue weighted by atomic mass is 9.99. The molecule has 0 N–H and O–H groups in total. The van der Waals surface area contributed by atoms with E-state index in [2.05, 4.69) is 24.3 Å². The quantitative estimate of drug-likeness (QED) is 0.254. The highest BCUT2D eigenvalue weighted by molar-refractivity contribution is 7.67. The summed E-state index contributed by atoms with van der Waals surface area (Å²) in [6.07, 6.45) is 28.0.